The van der Waals surface area contributed by atoms with Crippen LogP contribution in [0.1, 0.15) is 26.3 Å². The molecule has 1 N–H and O–H groups in total. The number of aromatic nitrogens is 1. The monoisotopic (exact) mass is 217 g/mol. The van der Waals surface area contributed by atoms with E-state index >= 15 is 0 Å². The lowest BCUT2D eigenvalue weighted by Gasteiger charge is -2.20. The van der Waals surface area contributed by atoms with Crippen molar-refractivity contribution < 1.29 is 9.52 Å². The summed E-state index contributed by atoms with van der Waals surface area (Å²) in [5.74, 6) is 0.883. The molecule has 0 aliphatic carbocycles. The Labute approximate surface area is 94.8 Å². The van der Waals surface area contributed by atoms with Gasteiger partial charge in [0.05, 0.1) is 6.20 Å². The number of nitrogens with zero attached hydrogens (tertiary/aromatic N) is 1. The third-order valence-corrected chi connectivity index (χ3v) is 2.48. The number of phenols is 1. The molecule has 0 atom stereocenters. The van der Waals surface area contributed by atoms with Crippen molar-refractivity contribution in [3.05, 3.63) is 36.2 Å². The zero-order chi connectivity index (χ0) is 11.8. The Morgan fingerprint density at radius 3 is 2.56 bits per heavy atom. The fourth-order valence-electron chi connectivity index (χ4n) is 1.64. The number of oxazole rings is 1. The molecule has 0 fully saturated rings. The molecular formula is C13H15NO2. The summed E-state index contributed by atoms with van der Waals surface area (Å²) in [6, 6.07) is 5.40. The van der Waals surface area contributed by atoms with Crippen LogP contribution in [0.25, 0.3) is 11.5 Å². The summed E-state index contributed by atoms with van der Waals surface area (Å²) in [6.07, 6.45) is 3.15. The summed E-state index contributed by atoms with van der Waals surface area (Å²) in [7, 11) is 0. The molecule has 0 amide bonds. The van der Waals surface area contributed by atoms with Gasteiger partial charge in [-0.25, -0.2) is 4.98 Å². The van der Waals surface area contributed by atoms with Gasteiger partial charge in [0.1, 0.15) is 12.0 Å². The van der Waals surface area contributed by atoms with Gasteiger partial charge in [-0.05, 0) is 23.6 Å². The van der Waals surface area contributed by atoms with Crippen LogP contribution in [0.3, 0.4) is 0 Å². The summed E-state index contributed by atoms with van der Waals surface area (Å²) < 4.78 is 5.23. The van der Waals surface area contributed by atoms with Crippen molar-refractivity contribution >= 4 is 0 Å². The number of hydrogen-bond acceptors (Lipinski definition) is 3. The maximum absolute atomic E-state index is 9.82. The minimum Gasteiger partial charge on any atom is -0.508 e. The molecular weight excluding hydrogens is 202 g/mol. The van der Waals surface area contributed by atoms with Crippen LogP contribution >= 0.6 is 0 Å². The van der Waals surface area contributed by atoms with Crippen molar-refractivity contribution in [3.63, 3.8) is 0 Å². The highest BCUT2D eigenvalue weighted by molar-refractivity contribution is 5.58. The Balaban J connectivity index is 2.52. The number of aromatic hydroxyl groups is 1. The molecule has 3 heteroatoms. The minimum absolute atomic E-state index is 0.104. The van der Waals surface area contributed by atoms with Gasteiger partial charge in [0.15, 0.2) is 0 Å². The fourth-order valence-corrected chi connectivity index (χ4v) is 1.64. The van der Waals surface area contributed by atoms with Gasteiger partial charge in [-0.15, -0.1) is 0 Å². The van der Waals surface area contributed by atoms with Gasteiger partial charge >= 0.3 is 0 Å². The number of benzene rings is 1. The molecule has 16 heavy (non-hydrogen) atoms. The Bertz CT molecular complexity index is 481. The fraction of sp³-hybridized carbons (Fsp3) is 0.308. The molecule has 0 spiro atoms. The molecule has 0 saturated heterocycles. The molecule has 1 aromatic carbocycles. The quantitative estimate of drug-likeness (QED) is 0.796. The first-order valence-corrected chi connectivity index (χ1v) is 5.22. The lowest BCUT2D eigenvalue weighted by atomic mass is 9.85. The number of hydrogen-bond donors (Lipinski definition) is 1. The average molecular weight is 217 g/mol. The van der Waals surface area contributed by atoms with E-state index < -0.39 is 0 Å². The number of rotatable bonds is 1. The van der Waals surface area contributed by atoms with Crippen LogP contribution in [-0.4, -0.2) is 10.1 Å². The van der Waals surface area contributed by atoms with Gasteiger partial charge in [0.25, 0.3) is 0 Å². The van der Waals surface area contributed by atoms with Crippen LogP contribution < -0.4 is 0 Å². The van der Waals surface area contributed by atoms with Crippen LogP contribution in [0, 0.1) is 0 Å². The molecule has 3 nitrogen and oxygen atoms in total. The van der Waals surface area contributed by atoms with Crippen LogP contribution in [0.5, 0.6) is 5.75 Å². The van der Waals surface area contributed by atoms with Gasteiger partial charge in [-0.2, -0.15) is 0 Å². The van der Waals surface area contributed by atoms with E-state index in [0.717, 1.165) is 11.1 Å². The predicted octanol–water partition coefficient (Wildman–Crippen LogP) is 3.34. The molecule has 0 radical (unpaired) electrons. The third kappa shape index (κ3) is 1.94. The zero-order valence-corrected chi connectivity index (χ0v) is 9.69. The van der Waals surface area contributed by atoms with Crippen LogP contribution in [0.4, 0.5) is 0 Å². The van der Waals surface area contributed by atoms with Crippen molar-refractivity contribution in [2.45, 2.75) is 26.2 Å². The first-order chi connectivity index (χ1) is 7.48. The summed E-state index contributed by atoms with van der Waals surface area (Å²) >= 11 is 0. The summed E-state index contributed by atoms with van der Waals surface area (Å²) in [5.41, 5.74) is 1.67. The summed E-state index contributed by atoms with van der Waals surface area (Å²) in [6.45, 7) is 6.17. The van der Waals surface area contributed by atoms with E-state index in [1.807, 2.05) is 6.07 Å². The van der Waals surface area contributed by atoms with E-state index in [1.54, 1.807) is 24.6 Å². The average Bonchev–Trinajstić information content (AvgIpc) is 2.69. The highest BCUT2D eigenvalue weighted by Crippen LogP contribution is 2.33. The lowest BCUT2D eigenvalue weighted by Crippen LogP contribution is -2.11. The highest BCUT2D eigenvalue weighted by atomic mass is 16.3. The molecule has 1 aromatic heterocycles. The first-order valence-electron chi connectivity index (χ1n) is 5.22. The van der Waals surface area contributed by atoms with Crippen molar-refractivity contribution in [1.29, 1.82) is 0 Å². The second-order valence-electron chi connectivity index (χ2n) is 4.82. The Morgan fingerprint density at radius 1 is 1.25 bits per heavy atom. The van der Waals surface area contributed by atoms with E-state index in [-0.39, 0.29) is 5.41 Å². The zero-order valence-electron chi connectivity index (χ0n) is 9.69. The van der Waals surface area contributed by atoms with Gasteiger partial charge in [0.2, 0.25) is 5.89 Å². The minimum atomic E-state index is -0.104. The van der Waals surface area contributed by atoms with Gasteiger partial charge < -0.3 is 9.52 Å². The Morgan fingerprint density at radius 2 is 2.00 bits per heavy atom. The first kappa shape index (κ1) is 10.7. The van der Waals surface area contributed by atoms with Crippen molar-refractivity contribution in [2.75, 3.05) is 0 Å². The molecule has 0 bridgehead atoms. The van der Waals surface area contributed by atoms with E-state index in [1.165, 1.54) is 0 Å². The summed E-state index contributed by atoms with van der Waals surface area (Å²) in [5, 5.41) is 9.82. The molecule has 0 aliphatic heterocycles. The Hall–Kier alpha value is -1.77. The molecule has 84 valence electrons. The molecule has 0 unspecified atom stereocenters. The van der Waals surface area contributed by atoms with Gasteiger partial charge in [0, 0.05) is 11.1 Å². The standard InChI is InChI=1S/C13H15NO2/c1-13(2,3)10-8-9(4-5-11(10)15)12-14-6-7-16-12/h4-8,15H,1-3H3. The lowest BCUT2D eigenvalue weighted by molar-refractivity contribution is 0.446. The molecule has 2 aromatic rings. The predicted molar refractivity (Wildman–Crippen MR) is 62.3 cm³/mol. The Kier molecular flexibility index (Phi) is 2.46. The van der Waals surface area contributed by atoms with E-state index in [9.17, 15) is 5.11 Å². The largest absolute Gasteiger partial charge is 0.508 e. The number of phenolic OH excluding ortho intramolecular Hbond substituents is 1. The second kappa shape index (κ2) is 3.67. The van der Waals surface area contributed by atoms with E-state index in [4.69, 9.17) is 4.42 Å². The van der Waals surface area contributed by atoms with Crippen LogP contribution in [0.2, 0.25) is 0 Å². The van der Waals surface area contributed by atoms with Gasteiger partial charge in [-0.1, -0.05) is 20.8 Å². The smallest absolute Gasteiger partial charge is 0.225 e. The third-order valence-electron chi connectivity index (χ3n) is 2.48. The van der Waals surface area contributed by atoms with E-state index in [0.29, 0.717) is 11.6 Å². The summed E-state index contributed by atoms with van der Waals surface area (Å²) in [4.78, 5) is 4.09. The SMILES string of the molecule is CC(C)(C)c1cc(-c2ncco2)ccc1O. The highest BCUT2D eigenvalue weighted by Gasteiger charge is 2.19. The van der Waals surface area contributed by atoms with Crippen molar-refractivity contribution in [1.82, 2.24) is 4.98 Å². The molecule has 1 heterocycles. The van der Waals surface area contributed by atoms with Crippen molar-refractivity contribution in [2.24, 2.45) is 0 Å². The van der Waals surface area contributed by atoms with Crippen LogP contribution in [-0.2, 0) is 5.41 Å². The molecule has 2 rings (SSSR count). The van der Waals surface area contributed by atoms with Crippen LogP contribution in [0.15, 0.2) is 35.1 Å². The van der Waals surface area contributed by atoms with Crippen molar-refractivity contribution in [3.8, 4) is 17.2 Å². The van der Waals surface area contributed by atoms with Gasteiger partial charge in [-0.3, -0.25) is 0 Å². The maximum atomic E-state index is 9.82. The molecule has 0 aliphatic rings. The normalized spacial score (nSPS) is 11.7. The maximum Gasteiger partial charge on any atom is 0.225 e. The second-order valence-corrected chi connectivity index (χ2v) is 4.82. The van der Waals surface area contributed by atoms with E-state index in [2.05, 4.69) is 25.8 Å². The molecule has 0 saturated carbocycles. The topological polar surface area (TPSA) is 46.3 Å².